The highest BCUT2D eigenvalue weighted by Crippen LogP contribution is 2.41. The molecule has 0 radical (unpaired) electrons. The zero-order chi connectivity index (χ0) is 24.7. The summed E-state index contributed by atoms with van der Waals surface area (Å²) < 4.78 is 0. The van der Waals surface area contributed by atoms with E-state index in [1.807, 2.05) is 84.9 Å². The molecule has 0 aliphatic carbocycles. The standard InChI is InChI=1S/C31H37NO3/c1-24(33)23-25-14-16-26(17-15-25)30(34)13-8-20-32-21-18-29(19-22-32)31(35,27-9-4-2-5-10-27)28-11-6-3-7-12-28/h2-7,9-12,14-17,24,29,33,35H,8,13,18-23H2,1H3. The quantitative estimate of drug-likeness (QED) is 0.398. The molecule has 0 saturated carbocycles. The van der Waals surface area contributed by atoms with Gasteiger partial charge in [0.05, 0.1) is 6.10 Å². The highest BCUT2D eigenvalue weighted by Gasteiger charge is 2.41. The third-order valence-electron chi connectivity index (χ3n) is 7.29. The van der Waals surface area contributed by atoms with Crippen molar-refractivity contribution < 1.29 is 15.0 Å². The number of hydrogen-bond acceptors (Lipinski definition) is 4. The summed E-state index contributed by atoms with van der Waals surface area (Å²) in [5.74, 6) is 0.316. The molecule has 0 bridgehead atoms. The van der Waals surface area contributed by atoms with Crippen molar-refractivity contribution in [3.63, 3.8) is 0 Å². The van der Waals surface area contributed by atoms with Gasteiger partial charge in [-0.25, -0.2) is 0 Å². The van der Waals surface area contributed by atoms with E-state index in [1.165, 1.54) is 0 Å². The minimum absolute atomic E-state index is 0.144. The van der Waals surface area contributed by atoms with E-state index in [0.29, 0.717) is 12.8 Å². The molecule has 1 aliphatic heterocycles. The fourth-order valence-corrected chi connectivity index (χ4v) is 5.37. The fraction of sp³-hybridized carbons (Fsp3) is 0.387. The van der Waals surface area contributed by atoms with Gasteiger partial charge in [-0.05, 0) is 74.8 Å². The van der Waals surface area contributed by atoms with Crippen molar-refractivity contribution in [2.75, 3.05) is 19.6 Å². The van der Waals surface area contributed by atoms with Crippen molar-refractivity contribution >= 4 is 5.78 Å². The van der Waals surface area contributed by atoms with Crippen LogP contribution in [0.1, 0.15) is 59.7 Å². The number of piperidine rings is 1. The van der Waals surface area contributed by atoms with E-state index in [-0.39, 0.29) is 17.8 Å². The predicted octanol–water partition coefficient (Wildman–Crippen LogP) is 5.22. The van der Waals surface area contributed by atoms with Gasteiger partial charge in [-0.3, -0.25) is 4.79 Å². The lowest BCUT2D eigenvalue weighted by molar-refractivity contribution is -0.0142. The molecule has 2 N–H and O–H groups in total. The number of aliphatic hydroxyl groups excluding tert-OH is 1. The Morgan fingerprint density at radius 2 is 1.46 bits per heavy atom. The molecule has 35 heavy (non-hydrogen) atoms. The molecule has 184 valence electrons. The third-order valence-corrected chi connectivity index (χ3v) is 7.29. The molecule has 4 rings (SSSR count). The Labute approximate surface area is 209 Å². The molecule has 1 atom stereocenters. The summed E-state index contributed by atoms with van der Waals surface area (Å²) in [7, 11) is 0. The van der Waals surface area contributed by atoms with Crippen LogP contribution in [-0.4, -0.2) is 46.6 Å². The Bertz CT molecular complexity index is 1020. The predicted molar refractivity (Wildman–Crippen MR) is 140 cm³/mol. The first kappa shape index (κ1) is 25.3. The normalized spacial score (nSPS) is 16.2. The molecule has 1 saturated heterocycles. The molecule has 1 aliphatic rings. The molecular weight excluding hydrogens is 434 g/mol. The second kappa shape index (κ2) is 11.8. The number of benzene rings is 3. The average Bonchev–Trinajstić information content (AvgIpc) is 2.89. The molecule has 4 heteroatoms. The number of hydrogen-bond donors (Lipinski definition) is 2. The van der Waals surface area contributed by atoms with E-state index < -0.39 is 5.60 Å². The summed E-state index contributed by atoms with van der Waals surface area (Å²) in [6.45, 7) is 4.52. The Balaban J connectivity index is 1.31. The summed E-state index contributed by atoms with van der Waals surface area (Å²) in [5, 5.41) is 21.5. The van der Waals surface area contributed by atoms with Gasteiger partial charge in [-0.15, -0.1) is 0 Å². The zero-order valence-corrected chi connectivity index (χ0v) is 20.6. The van der Waals surface area contributed by atoms with E-state index in [9.17, 15) is 15.0 Å². The van der Waals surface area contributed by atoms with Crippen LogP contribution < -0.4 is 0 Å². The maximum absolute atomic E-state index is 12.6. The van der Waals surface area contributed by atoms with Crippen LogP contribution in [0.2, 0.25) is 0 Å². The van der Waals surface area contributed by atoms with Gasteiger partial charge < -0.3 is 15.1 Å². The highest BCUT2D eigenvalue weighted by molar-refractivity contribution is 5.96. The highest BCUT2D eigenvalue weighted by atomic mass is 16.3. The smallest absolute Gasteiger partial charge is 0.162 e. The lowest BCUT2D eigenvalue weighted by atomic mass is 9.72. The van der Waals surface area contributed by atoms with E-state index in [4.69, 9.17) is 0 Å². The maximum atomic E-state index is 12.6. The molecule has 0 spiro atoms. The lowest BCUT2D eigenvalue weighted by Crippen LogP contribution is -2.44. The molecule has 1 heterocycles. The first-order valence-corrected chi connectivity index (χ1v) is 12.8. The van der Waals surface area contributed by atoms with Crippen molar-refractivity contribution in [3.8, 4) is 0 Å². The molecule has 3 aromatic carbocycles. The second-order valence-electron chi connectivity index (χ2n) is 9.89. The van der Waals surface area contributed by atoms with E-state index >= 15 is 0 Å². The number of Topliss-reactive ketones (excluding diaryl/α,β-unsaturated/α-hetero) is 1. The lowest BCUT2D eigenvalue weighted by Gasteiger charge is -2.42. The summed E-state index contributed by atoms with van der Waals surface area (Å²) in [4.78, 5) is 15.0. The van der Waals surface area contributed by atoms with Gasteiger partial charge in [-0.1, -0.05) is 84.9 Å². The topological polar surface area (TPSA) is 60.8 Å². The minimum Gasteiger partial charge on any atom is -0.393 e. The Morgan fingerprint density at radius 3 is 1.97 bits per heavy atom. The maximum Gasteiger partial charge on any atom is 0.162 e. The first-order valence-electron chi connectivity index (χ1n) is 12.8. The monoisotopic (exact) mass is 471 g/mol. The summed E-state index contributed by atoms with van der Waals surface area (Å²) >= 11 is 0. The number of aliphatic hydroxyl groups is 2. The van der Waals surface area contributed by atoms with Crippen LogP contribution in [0.5, 0.6) is 0 Å². The van der Waals surface area contributed by atoms with Gasteiger partial charge in [0.2, 0.25) is 0 Å². The van der Waals surface area contributed by atoms with Crippen LogP contribution in [0.3, 0.4) is 0 Å². The van der Waals surface area contributed by atoms with Crippen LogP contribution in [0.4, 0.5) is 0 Å². The number of ketones is 1. The van der Waals surface area contributed by atoms with Gasteiger partial charge in [0.15, 0.2) is 5.78 Å². The molecule has 0 aromatic heterocycles. The number of carbonyl (C=O) groups is 1. The molecule has 0 amide bonds. The van der Waals surface area contributed by atoms with Gasteiger partial charge >= 0.3 is 0 Å². The van der Waals surface area contributed by atoms with Gasteiger partial charge in [0.25, 0.3) is 0 Å². The van der Waals surface area contributed by atoms with Crippen molar-refractivity contribution in [1.82, 2.24) is 4.90 Å². The molecule has 4 nitrogen and oxygen atoms in total. The van der Waals surface area contributed by atoms with E-state index in [2.05, 4.69) is 4.90 Å². The third kappa shape index (κ3) is 6.26. The largest absolute Gasteiger partial charge is 0.393 e. The zero-order valence-electron chi connectivity index (χ0n) is 20.6. The van der Waals surface area contributed by atoms with Crippen molar-refractivity contribution in [3.05, 3.63) is 107 Å². The van der Waals surface area contributed by atoms with E-state index in [0.717, 1.165) is 61.2 Å². The number of carbonyl (C=O) groups excluding carboxylic acids is 1. The second-order valence-corrected chi connectivity index (χ2v) is 9.89. The average molecular weight is 472 g/mol. The Hall–Kier alpha value is -2.79. The molecule has 3 aromatic rings. The van der Waals surface area contributed by atoms with Crippen LogP contribution in [-0.2, 0) is 12.0 Å². The van der Waals surface area contributed by atoms with Gasteiger partial charge in [0.1, 0.15) is 5.60 Å². The van der Waals surface area contributed by atoms with Crippen LogP contribution in [0.25, 0.3) is 0 Å². The SMILES string of the molecule is CC(O)Cc1ccc(C(=O)CCCN2CCC(C(O)(c3ccccc3)c3ccccc3)CC2)cc1. The van der Waals surface area contributed by atoms with Crippen LogP contribution in [0, 0.1) is 5.92 Å². The van der Waals surface area contributed by atoms with Crippen molar-refractivity contribution in [2.45, 2.75) is 50.7 Å². The Morgan fingerprint density at radius 1 is 0.914 bits per heavy atom. The van der Waals surface area contributed by atoms with Crippen LogP contribution in [0.15, 0.2) is 84.9 Å². The summed E-state index contributed by atoms with van der Waals surface area (Å²) in [5.41, 5.74) is 2.70. The molecule has 1 unspecified atom stereocenters. The first-order chi connectivity index (χ1) is 17.0. The van der Waals surface area contributed by atoms with E-state index in [1.54, 1.807) is 6.92 Å². The molecule has 1 fully saturated rings. The Kier molecular flexibility index (Phi) is 8.50. The van der Waals surface area contributed by atoms with Crippen molar-refractivity contribution in [1.29, 1.82) is 0 Å². The molecular formula is C31H37NO3. The van der Waals surface area contributed by atoms with Crippen molar-refractivity contribution in [2.24, 2.45) is 5.92 Å². The van der Waals surface area contributed by atoms with Gasteiger partial charge in [-0.2, -0.15) is 0 Å². The summed E-state index contributed by atoms with van der Waals surface area (Å²) in [6, 6.07) is 27.7. The summed E-state index contributed by atoms with van der Waals surface area (Å²) in [6.07, 6.45) is 3.43. The van der Waals surface area contributed by atoms with Gasteiger partial charge in [0, 0.05) is 12.0 Å². The number of rotatable bonds is 10. The van der Waals surface area contributed by atoms with Crippen LogP contribution >= 0.6 is 0 Å². The number of likely N-dealkylation sites (tertiary alicyclic amines) is 1. The fourth-order valence-electron chi connectivity index (χ4n) is 5.37. The minimum atomic E-state index is -0.995. The number of nitrogens with zero attached hydrogens (tertiary/aromatic N) is 1.